The van der Waals surface area contributed by atoms with E-state index in [-0.39, 0.29) is 0 Å². The van der Waals surface area contributed by atoms with Gasteiger partial charge in [0.2, 0.25) is 0 Å². The molecule has 3 fully saturated rings. The first kappa shape index (κ1) is 13.8. The molecule has 1 unspecified atom stereocenters. The van der Waals surface area contributed by atoms with Gasteiger partial charge >= 0.3 is 0 Å². The minimum Gasteiger partial charge on any atom is -0.381 e. The number of nitrogens with one attached hydrogen (secondary N) is 1. The summed E-state index contributed by atoms with van der Waals surface area (Å²) in [6.45, 7) is 4.31. The summed E-state index contributed by atoms with van der Waals surface area (Å²) < 4.78 is 5.73. The van der Waals surface area contributed by atoms with Crippen molar-refractivity contribution in [1.82, 2.24) is 10.2 Å². The van der Waals surface area contributed by atoms with Crippen molar-refractivity contribution in [2.45, 2.75) is 63.5 Å². The van der Waals surface area contributed by atoms with E-state index >= 15 is 0 Å². The molecule has 0 radical (unpaired) electrons. The molecule has 3 aliphatic rings. The topological polar surface area (TPSA) is 24.5 Å². The van der Waals surface area contributed by atoms with Crippen LogP contribution in [-0.2, 0) is 4.74 Å². The molecule has 0 aromatic carbocycles. The maximum Gasteiger partial charge on any atom is 0.0547 e. The Kier molecular flexibility index (Phi) is 4.45. The second-order valence-corrected chi connectivity index (χ2v) is 7.16. The summed E-state index contributed by atoms with van der Waals surface area (Å²) in [7, 11) is 2.34. The first-order chi connectivity index (χ1) is 9.27. The van der Waals surface area contributed by atoms with Gasteiger partial charge in [-0.15, -0.1) is 0 Å². The standard InChI is InChI=1S/C16H30N2O/c1-18(15-5-3-2-4-6-15)12-16(9-10-19-13-16)11-17-14-7-8-14/h14-15,17H,2-13H2,1H3. The van der Waals surface area contributed by atoms with E-state index in [2.05, 4.69) is 17.3 Å². The fourth-order valence-corrected chi connectivity index (χ4v) is 3.80. The Morgan fingerprint density at radius 2 is 1.95 bits per heavy atom. The van der Waals surface area contributed by atoms with E-state index in [0.717, 1.165) is 31.8 Å². The second kappa shape index (κ2) is 6.11. The Balaban J connectivity index is 1.53. The van der Waals surface area contributed by atoms with Crippen LogP contribution in [0.15, 0.2) is 0 Å². The molecule has 1 N–H and O–H groups in total. The maximum absolute atomic E-state index is 5.73. The molecule has 2 saturated carbocycles. The second-order valence-electron chi connectivity index (χ2n) is 7.16. The minimum absolute atomic E-state index is 0.384. The van der Waals surface area contributed by atoms with Gasteiger partial charge in [-0.1, -0.05) is 19.3 Å². The Hall–Kier alpha value is -0.120. The van der Waals surface area contributed by atoms with Crippen molar-refractivity contribution in [3.05, 3.63) is 0 Å². The smallest absolute Gasteiger partial charge is 0.0547 e. The van der Waals surface area contributed by atoms with Gasteiger partial charge in [-0.25, -0.2) is 0 Å². The van der Waals surface area contributed by atoms with Crippen LogP contribution in [0, 0.1) is 5.41 Å². The maximum atomic E-state index is 5.73. The van der Waals surface area contributed by atoms with E-state index in [0.29, 0.717) is 5.41 Å². The van der Waals surface area contributed by atoms with E-state index < -0.39 is 0 Å². The summed E-state index contributed by atoms with van der Waals surface area (Å²) in [4.78, 5) is 2.64. The van der Waals surface area contributed by atoms with Crippen molar-refractivity contribution >= 4 is 0 Å². The zero-order valence-corrected chi connectivity index (χ0v) is 12.5. The summed E-state index contributed by atoms with van der Waals surface area (Å²) in [5.74, 6) is 0. The average molecular weight is 266 g/mol. The molecule has 1 saturated heterocycles. The lowest BCUT2D eigenvalue weighted by molar-refractivity contribution is 0.0888. The molecule has 2 aliphatic carbocycles. The van der Waals surface area contributed by atoms with Crippen LogP contribution in [-0.4, -0.2) is 50.3 Å². The first-order valence-corrected chi connectivity index (χ1v) is 8.29. The molecule has 0 bridgehead atoms. The van der Waals surface area contributed by atoms with Crippen LogP contribution in [0.3, 0.4) is 0 Å². The van der Waals surface area contributed by atoms with Crippen LogP contribution in [0.4, 0.5) is 0 Å². The van der Waals surface area contributed by atoms with Crippen LogP contribution in [0.25, 0.3) is 0 Å². The van der Waals surface area contributed by atoms with Crippen LogP contribution in [0.2, 0.25) is 0 Å². The van der Waals surface area contributed by atoms with Crippen LogP contribution in [0.1, 0.15) is 51.4 Å². The lowest BCUT2D eigenvalue weighted by Gasteiger charge is -2.38. The molecule has 110 valence electrons. The van der Waals surface area contributed by atoms with Gasteiger partial charge in [-0.2, -0.15) is 0 Å². The highest BCUT2D eigenvalue weighted by atomic mass is 16.5. The molecular weight excluding hydrogens is 236 g/mol. The Bertz CT molecular complexity index is 278. The van der Waals surface area contributed by atoms with Gasteiger partial charge in [-0.3, -0.25) is 0 Å². The molecule has 0 aromatic heterocycles. The first-order valence-electron chi connectivity index (χ1n) is 8.29. The van der Waals surface area contributed by atoms with Gasteiger partial charge in [0.1, 0.15) is 0 Å². The Morgan fingerprint density at radius 3 is 2.58 bits per heavy atom. The predicted molar refractivity (Wildman–Crippen MR) is 78.4 cm³/mol. The van der Waals surface area contributed by atoms with E-state index in [1.807, 2.05) is 0 Å². The third-order valence-electron chi connectivity index (χ3n) is 5.31. The Morgan fingerprint density at radius 1 is 1.16 bits per heavy atom. The van der Waals surface area contributed by atoms with Crippen LogP contribution in [0.5, 0.6) is 0 Å². The fraction of sp³-hybridized carbons (Fsp3) is 1.00. The molecular formula is C16H30N2O. The molecule has 0 aromatic rings. The highest BCUT2D eigenvalue weighted by Crippen LogP contribution is 2.32. The van der Waals surface area contributed by atoms with Gasteiger partial charge in [0.25, 0.3) is 0 Å². The van der Waals surface area contributed by atoms with Crippen molar-refractivity contribution in [2.75, 3.05) is 33.4 Å². The van der Waals surface area contributed by atoms with Gasteiger partial charge in [0, 0.05) is 37.2 Å². The zero-order valence-electron chi connectivity index (χ0n) is 12.5. The van der Waals surface area contributed by atoms with Gasteiger partial charge < -0.3 is 15.0 Å². The number of rotatable bonds is 6. The number of nitrogens with zero attached hydrogens (tertiary/aromatic N) is 1. The van der Waals surface area contributed by atoms with Crippen LogP contribution < -0.4 is 5.32 Å². The van der Waals surface area contributed by atoms with E-state index in [4.69, 9.17) is 4.74 Å². The monoisotopic (exact) mass is 266 g/mol. The summed E-state index contributed by atoms with van der Waals surface area (Å²) in [5, 5.41) is 3.74. The fourth-order valence-electron chi connectivity index (χ4n) is 3.80. The van der Waals surface area contributed by atoms with E-state index in [9.17, 15) is 0 Å². The molecule has 1 atom stereocenters. The lowest BCUT2D eigenvalue weighted by Crippen LogP contribution is -2.47. The van der Waals surface area contributed by atoms with Gasteiger partial charge in [-0.05, 0) is 39.2 Å². The third-order valence-corrected chi connectivity index (χ3v) is 5.31. The van der Waals surface area contributed by atoms with Crippen molar-refractivity contribution < 1.29 is 4.74 Å². The number of hydrogen-bond acceptors (Lipinski definition) is 3. The van der Waals surface area contributed by atoms with Crippen molar-refractivity contribution in [3.8, 4) is 0 Å². The van der Waals surface area contributed by atoms with Gasteiger partial charge in [0.15, 0.2) is 0 Å². The molecule has 1 aliphatic heterocycles. The molecule has 0 amide bonds. The number of hydrogen-bond donors (Lipinski definition) is 1. The quantitative estimate of drug-likeness (QED) is 0.799. The van der Waals surface area contributed by atoms with Crippen LogP contribution >= 0.6 is 0 Å². The van der Waals surface area contributed by atoms with Crippen molar-refractivity contribution in [1.29, 1.82) is 0 Å². The SMILES string of the molecule is CN(CC1(CNC2CC2)CCOC1)C1CCCCC1. The summed E-state index contributed by atoms with van der Waals surface area (Å²) in [5.41, 5.74) is 0.384. The molecule has 3 nitrogen and oxygen atoms in total. The molecule has 0 spiro atoms. The zero-order chi connectivity index (χ0) is 13.1. The summed E-state index contributed by atoms with van der Waals surface area (Å²) >= 11 is 0. The molecule has 19 heavy (non-hydrogen) atoms. The Labute approximate surface area is 118 Å². The predicted octanol–water partition coefficient (Wildman–Crippen LogP) is 2.41. The summed E-state index contributed by atoms with van der Waals surface area (Å²) in [6.07, 6.45) is 11.1. The highest BCUT2D eigenvalue weighted by Gasteiger charge is 2.38. The van der Waals surface area contributed by atoms with Gasteiger partial charge in [0.05, 0.1) is 6.61 Å². The number of ether oxygens (including phenoxy) is 1. The van der Waals surface area contributed by atoms with Crippen molar-refractivity contribution in [3.63, 3.8) is 0 Å². The largest absolute Gasteiger partial charge is 0.381 e. The van der Waals surface area contributed by atoms with E-state index in [1.165, 1.54) is 57.9 Å². The molecule has 3 rings (SSSR count). The van der Waals surface area contributed by atoms with E-state index in [1.54, 1.807) is 0 Å². The normalized spacial score (nSPS) is 33.2. The van der Waals surface area contributed by atoms with Crippen molar-refractivity contribution in [2.24, 2.45) is 5.41 Å². The average Bonchev–Trinajstić information content (AvgIpc) is 3.17. The lowest BCUT2D eigenvalue weighted by atomic mass is 9.85. The summed E-state index contributed by atoms with van der Waals surface area (Å²) in [6, 6.07) is 1.64. The molecule has 1 heterocycles. The minimum atomic E-state index is 0.384. The third kappa shape index (κ3) is 3.71. The highest BCUT2D eigenvalue weighted by molar-refractivity contribution is 4.92. The molecule has 3 heteroatoms.